The third-order valence-corrected chi connectivity index (χ3v) is 3.69. The monoisotopic (exact) mass is 260 g/mol. The van der Waals surface area contributed by atoms with E-state index in [9.17, 15) is 4.39 Å². The number of rotatable bonds is 3. The van der Waals surface area contributed by atoms with Crippen LogP contribution in [-0.4, -0.2) is 0 Å². The maximum Gasteiger partial charge on any atom is 0.116 e. The highest BCUT2D eigenvalue weighted by molar-refractivity contribution is 7.80. The highest BCUT2D eigenvalue weighted by Gasteiger charge is 2.10. The van der Waals surface area contributed by atoms with Gasteiger partial charge in [-0.05, 0) is 41.7 Å². The van der Waals surface area contributed by atoms with Crippen LogP contribution in [0.15, 0.2) is 41.3 Å². The lowest BCUT2D eigenvalue weighted by Gasteiger charge is -2.13. The molecule has 0 aliphatic rings. The Hall–Kier alpha value is -1.28. The smallest absolute Gasteiger partial charge is 0.116 e. The molecular formula is C16H17FS. The molecule has 0 aliphatic carbocycles. The first-order chi connectivity index (χ1) is 8.67. The van der Waals surface area contributed by atoms with Crippen molar-refractivity contribution in [2.75, 3.05) is 0 Å². The maximum atomic E-state index is 13.2. The van der Waals surface area contributed by atoms with E-state index < -0.39 is 6.67 Å². The summed E-state index contributed by atoms with van der Waals surface area (Å²) in [6, 6.07) is 12.1. The summed E-state index contributed by atoms with van der Waals surface area (Å²) < 4.78 is 13.2. The molecule has 0 heterocycles. The summed E-state index contributed by atoms with van der Waals surface area (Å²) in [4.78, 5) is 0.717. The van der Waals surface area contributed by atoms with Crippen molar-refractivity contribution in [1.29, 1.82) is 0 Å². The van der Waals surface area contributed by atoms with Gasteiger partial charge in [-0.1, -0.05) is 37.3 Å². The Morgan fingerprint density at radius 2 is 1.89 bits per heavy atom. The van der Waals surface area contributed by atoms with Crippen molar-refractivity contribution in [1.82, 2.24) is 0 Å². The van der Waals surface area contributed by atoms with Crippen molar-refractivity contribution in [3.8, 4) is 11.1 Å². The molecule has 94 valence electrons. The lowest BCUT2D eigenvalue weighted by atomic mass is 9.94. The van der Waals surface area contributed by atoms with E-state index in [0.717, 1.165) is 17.5 Å². The van der Waals surface area contributed by atoms with Crippen LogP contribution in [-0.2, 0) is 13.1 Å². The summed E-state index contributed by atoms with van der Waals surface area (Å²) in [5.74, 6) is 0. The van der Waals surface area contributed by atoms with E-state index in [4.69, 9.17) is 0 Å². The first-order valence-electron chi connectivity index (χ1n) is 6.14. The second-order valence-corrected chi connectivity index (χ2v) is 4.92. The Labute approximate surface area is 113 Å². The first kappa shape index (κ1) is 13.2. The molecule has 0 spiro atoms. The topological polar surface area (TPSA) is 0 Å². The maximum absolute atomic E-state index is 13.2. The van der Waals surface area contributed by atoms with Crippen LogP contribution in [0.4, 0.5) is 4.39 Å². The number of aryl methyl sites for hydroxylation is 2. The average molecular weight is 260 g/mol. The summed E-state index contributed by atoms with van der Waals surface area (Å²) in [7, 11) is 0. The van der Waals surface area contributed by atoms with Crippen LogP contribution >= 0.6 is 12.6 Å². The van der Waals surface area contributed by atoms with Crippen LogP contribution in [0.3, 0.4) is 0 Å². The van der Waals surface area contributed by atoms with Crippen LogP contribution in [0.2, 0.25) is 0 Å². The molecule has 0 nitrogen and oxygen atoms in total. The van der Waals surface area contributed by atoms with Gasteiger partial charge in [0.2, 0.25) is 0 Å². The van der Waals surface area contributed by atoms with Gasteiger partial charge in [-0.2, -0.15) is 0 Å². The van der Waals surface area contributed by atoms with Gasteiger partial charge in [0.1, 0.15) is 6.67 Å². The molecule has 0 unspecified atom stereocenters. The van der Waals surface area contributed by atoms with Crippen molar-refractivity contribution < 1.29 is 4.39 Å². The molecule has 2 heteroatoms. The fourth-order valence-corrected chi connectivity index (χ4v) is 2.48. The van der Waals surface area contributed by atoms with Crippen molar-refractivity contribution in [2.24, 2.45) is 0 Å². The lowest BCUT2D eigenvalue weighted by Crippen LogP contribution is -1.92. The second-order valence-electron chi connectivity index (χ2n) is 4.44. The third-order valence-electron chi connectivity index (χ3n) is 3.27. The SMILES string of the molecule is CCc1ccc(-c2cccc(S)c2CF)c(C)c1. The quantitative estimate of drug-likeness (QED) is 0.739. The predicted molar refractivity (Wildman–Crippen MR) is 78.1 cm³/mol. The molecule has 0 saturated carbocycles. The van der Waals surface area contributed by atoms with E-state index >= 15 is 0 Å². The molecule has 0 aliphatic heterocycles. The number of benzene rings is 2. The number of hydrogen-bond acceptors (Lipinski definition) is 1. The van der Waals surface area contributed by atoms with Gasteiger partial charge < -0.3 is 0 Å². The van der Waals surface area contributed by atoms with E-state index in [2.05, 4.69) is 44.7 Å². The van der Waals surface area contributed by atoms with Crippen molar-refractivity contribution in [3.05, 3.63) is 53.1 Å². The second kappa shape index (κ2) is 5.57. The fraction of sp³-hybridized carbons (Fsp3) is 0.250. The largest absolute Gasteiger partial charge is 0.246 e. The molecule has 0 atom stereocenters. The number of thiol groups is 1. The van der Waals surface area contributed by atoms with Crippen molar-refractivity contribution in [3.63, 3.8) is 0 Å². The molecular weight excluding hydrogens is 243 g/mol. The highest BCUT2D eigenvalue weighted by Crippen LogP contribution is 2.31. The van der Waals surface area contributed by atoms with Crippen LogP contribution in [0, 0.1) is 6.92 Å². The highest BCUT2D eigenvalue weighted by atomic mass is 32.1. The zero-order valence-corrected chi connectivity index (χ0v) is 11.6. The summed E-state index contributed by atoms with van der Waals surface area (Å²) >= 11 is 4.33. The standard InChI is InChI=1S/C16H17FS/c1-3-12-7-8-13(11(2)9-12)14-5-4-6-16(18)15(14)10-17/h4-9,18H,3,10H2,1-2H3. The van der Waals surface area contributed by atoms with E-state index in [1.807, 2.05) is 18.2 Å². The summed E-state index contributed by atoms with van der Waals surface area (Å²) in [6.07, 6.45) is 1.02. The van der Waals surface area contributed by atoms with Gasteiger partial charge in [-0.3, -0.25) is 0 Å². The molecule has 0 saturated heterocycles. The van der Waals surface area contributed by atoms with Crippen LogP contribution in [0.1, 0.15) is 23.6 Å². The van der Waals surface area contributed by atoms with Gasteiger partial charge in [0.15, 0.2) is 0 Å². The van der Waals surface area contributed by atoms with Crippen LogP contribution in [0.5, 0.6) is 0 Å². The Morgan fingerprint density at radius 1 is 1.11 bits per heavy atom. The Morgan fingerprint density at radius 3 is 2.50 bits per heavy atom. The molecule has 0 radical (unpaired) electrons. The van der Waals surface area contributed by atoms with Gasteiger partial charge in [0.05, 0.1) is 0 Å². The molecule has 0 fully saturated rings. The van der Waals surface area contributed by atoms with Crippen LogP contribution < -0.4 is 0 Å². The van der Waals surface area contributed by atoms with E-state index in [1.54, 1.807) is 0 Å². The molecule has 0 aromatic heterocycles. The normalized spacial score (nSPS) is 10.7. The molecule has 2 aromatic carbocycles. The minimum Gasteiger partial charge on any atom is -0.246 e. The molecule has 18 heavy (non-hydrogen) atoms. The van der Waals surface area contributed by atoms with E-state index in [-0.39, 0.29) is 0 Å². The molecule has 0 bridgehead atoms. The van der Waals surface area contributed by atoms with Crippen molar-refractivity contribution >= 4 is 12.6 Å². The van der Waals surface area contributed by atoms with Crippen molar-refractivity contribution in [2.45, 2.75) is 31.8 Å². The zero-order valence-electron chi connectivity index (χ0n) is 10.7. The van der Waals surface area contributed by atoms with Gasteiger partial charge in [0, 0.05) is 10.5 Å². The fourth-order valence-electron chi connectivity index (χ4n) is 2.22. The van der Waals surface area contributed by atoms with E-state index in [0.29, 0.717) is 10.5 Å². The molecule has 2 rings (SSSR count). The Bertz CT molecular complexity index is 561. The summed E-state index contributed by atoms with van der Waals surface area (Å²) in [6.45, 7) is 3.72. The Balaban J connectivity index is 2.58. The first-order valence-corrected chi connectivity index (χ1v) is 6.58. The average Bonchev–Trinajstić information content (AvgIpc) is 2.38. The van der Waals surface area contributed by atoms with E-state index in [1.165, 1.54) is 11.1 Å². The third kappa shape index (κ3) is 2.44. The Kier molecular flexibility index (Phi) is 4.07. The lowest BCUT2D eigenvalue weighted by molar-refractivity contribution is 0.481. The molecule has 2 aromatic rings. The minimum absolute atomic E-state index is 0.482. The number of hydrogen-bond donors (Lipinski definition) is 1. The summed E-state index contributed by atoms with van der Waals surface area (Å²) in [5, 5.41) is 0. The van der Waals surface area contributed by atoms with Gasteiger partial charge in [-0.15, -0.1) is 12.6 Å². The van der Waals surface area contributed by atoms with Gasteiger partial charge in [0.25, 0.3) is 0 Å². The van der Waals surface area contributed by atoms with Crippen LogP contribution in [0.25, 0.3) is 11.1 Å². The molecule has 0 amide bonds. The van der Waals surface area contributed by atoms with Gasteiger partial charge >= 0.3 is 0 Å². The van der Waals surface area contributed by atoms with Gasteiger partial charge in [-0.25, -0.2) is 4.39 Å². The molecule has 0 N–H and O–H groups in total. The summed E-state index contributed by atoms with van der Waals surface area (Å²) in [5.41, 5.74) is 5.21. The number of halogens is 1. The predicted octanol–water partition coefficient (Wildman–Crippen LogP) is 4.98. The number of alkyl halides is 1. The minimum atomic E-state index is -0.482. The zero-order chi connectivity index (χ0) is 13.1.